The Morgan fingerprint density at radius 3 is 2.73 bits per heavy atom. The first-order chi connectivity index (χ1) is 7.06. The minimum Gasteiger partial charge on any atom is -0.376 e. The smallest absolute Gasteiger partial charge is 0.334 e. The Bertz CT molecular complexity index is 634. The number of fused-ring (bicyclic) bond motifs is 1. The van der Waals surface area contributed by atoms with E-state index in [1.165, 1.54) is 7.05 Å². The number of hydrogen-bond acceptors (Lipinski definition) is 4. The molecule has 0 saturated carbocycles. The first-order valence-electron chi connectivity index (χ1n) is 4.33. The van der Waals surface area contributed by atoms with Crippen LogP contribution in [-0.4, -0.2) is 24.2 Å². The fourth-order valence-electron chi connectivity index (χ4n) is 1.48. The van der Waals surface area contributed by atoms with Gasteiger partial charge in [0, 0.05) is 7.05 Å². The second kappa shape index (κ2) is 3.06. The highest BCUT2D eigenvalue weighted by molar-refractivity contribution is 5.69. The molecule has 2 rings (SSSR count). The highest BCUT2D eigenvalue weighted by Gasteiger charge is 2.13. The van der Waals surface area contributed by atoms with Crippen molar-refractivity contribution in [3.8, 4) is 0 Å². The summed E-state index contributed by atoms with van der Waals surface area (Å²) in [5.41, 5.74) is -0.617. The molecule has 0 aliphatic carbocycles. The predicted octanol–water partition coefficient (Wildman–Crippen LogP) is -1.32. The van der Waals surface area contributed by atoms with Gasteiger partial charge in [0.1, 0.15) is 18.1 Å². The van der Waals surface area contributed by atoms with E-state index in [4.69, 9.17) is 5.11 Å². The van der Waals surface area contributed by atoms with Crippen LogP contribution in [0.15, 0.2) is 9.59 Å². The van der Waals surface area contributed by atoms with Gasteiger partial charge in [-0.1, -0.05) is 0 Å². The quantitative estimate of drug-likeness (QED) is 0.610. The maximum Gasteiger partial charge on any atom is 0.334 e. The first kappa shape index (κ1) is 9.66. The van der Waals surface area contributed by atoms with Gasteiger partial charge >= 0.3 is 5.69 Å². The third kappa shape index (κ3) is 1.20. The van der Waals surface area contributed by atoms with Crippen molar-refractivity contribution in [2.24, 2.45) is 7.05 Å². The number of aromatic nitrogens is 4. The van der Waals surface area contributed by atoms with Gasteiger partial charge in [-0.2, -0.15) is 0 Å². The van der Waals surface area contributed by atoms with Gasteiger partial charge in [0.25, 0.3) is 5.56 Å². The standard InChI is InChI=1S/C8H10N4O3/c1-4-9-5-6(10-4)12(3-13)8(15)11(2)7(5)14/h13H,3H2,1-2H3,(H,9,10). The summed E-state index contributed by atoms with van der Waals surface area (Å²) in [4.78, 5) is 29.9. The van der Waals surface area contributed by atoms with Crippen molar-refractivity contribution in [2.75, 3.05) is 0 Å². The molecule has 0 bridgehead atoms. The van der Waals surface area contributed by atoms with Crippen molar-refractivity contribution in [2.45, 2.75) is 13.7 Å². The van der Waals surface area contributed by atoms with E-state index < -0.39 is 18.0 Å². The summed E-state index contributed by atoms with van der Waals surface area (Å²) in [6, 6.07) is 0. The number of rotatable bonds is 1. The third-order valence-electron chi connectivity index (χ3n) is 2.24. The molecule has 0 fully saturated rings. The van der Waals surface area contributed by atoms with Crippen LogP contribution >= 0.6 is 0 Å². The zero-order valence-corrected chi connectivity index (χ0v) is 8.31. The number of imidazole rings is 1. The van der Waals surface area contributed by atoms with E-state index in [-0.39, 0.29) is 11.2 Å². The summed E-state index contributed by atoms with van der Waals surface area (Å²) < 4.78 is 1.95. The Morgan fingerprint density at radius 1 is 1.47 bits per heavy atom. The Balaban J connectivity index is 3.11. The van der Waals surface area contributed by atoms with Gasteiger partial charge in [0.15, 0.2) is 5.65 Å². The SMILES string of the molecule is Cc1nc2c([nH]1)c(=O)n(C)c(=O)n2CO. The maximum atomic E-state index is 11.6. The molecule has 2 aromatic heterocycles. The Kier molecular flexibility index (Phi) is 1.97. The number of hydrogen-bond donors (Lipinski definition) is 2. The topological polar surface area (TPSA) is 92.9 Å². The number of nitrogens with one attached hydrogen (secondary N) is 1. The molecule has 0 saturated heterocycles. The highest BCUT2D eigenvalue weighted by atomic mass is 16.3. The largest absolute Gasteiger partial charge is 0.376 e. The van der Waals surface area contributed by atoms with Gasteiger partial charge in [-0.15, -0.1) is 0 Å². The Morgan fingerprint density at radius 2 is 2.13 bits per heavy atom. The molecule has 0 unspecified atom stereocenters. The monoisotopic (exact) mass is 210 g/mol. The van der Waals surface area contributed by atoms with Crippen LogP contribution in [0, 0.1) is 6.92 Å². The fraction of sp³-hybridized carbons (Fsp3) is 0.375. The molecule has 2 heterocycles. The fourth-order valence-corrected chi connectivity index (χ4v) is 1.48. The van der Waals surface area contributed by atoms with Crippen LogP contribution in [-0.2, 0) is 13.8 Å². The van der Waals surface area contributed by atoms with E-state index in [1.54, 1.807) is 6.92 Å². The zero-order chi connectivity index (χ0) is 11.2. The van der Waals surface area contributed by atoms with E-state index in [0.717, 1.165) is 9.13 Å². The minimum atomic E-state index is -0.582. The summed E-state index contributed by atoms with van der Waals surface area (Å²) >= 11 is 0. The normalized spacial score (nSPS) is 11.1. The van der Waals surface area contributed by atoms with Crippen molar-refractivity contribution in [3.63, 3.8) is 0 Å². The summed E-state index contributed by atoms with van der Waals surface area (Å²) in [5, 5.41) is 9.03. The average molecular weight is 210 g/mol. The lowest BCUT2D eigenvalue weighted by molar-refractivity contribution is 0.206. The Labute approximate surface area is 83.6 Å². The van der Waals surface area contributed by atoms with Crippen LogP contribution in [0.5, 0.6) is 0 Å². The lowest BCUT2D eigenvalue weighted by atomic mass is 10.5. The third-order valence-corrected chi connectivity index (χ3v) is 2.24. The number of aliphatic hydroxyl groups is 1. The first-order valence-corrected chi connectivity index (χ1v) is 4.33. The van der Waals surface area contributed by atoms with Gasteiger partial charge < -0.3 is 10.1 Å². The van der Waals surface area contributed by atoms with E-state index in [2.05, 4.69) is 9.97 Å². The summed E-state index contributed by atoms with van der Waals surface area (Å²) in [6.07, 6.45) is 0. The van der Waals surface area contributed by atoms with Gasteiger partial charge in [-0.05, 0) is 6.92 Å². The van der Waals surface area contributed by atoms with Crippen LogP contribution in [0.2, 0.25) is 0 Å². The zero-order valence-electron chi connectivity index (χ0n) is 8.31. The van der Waals surface area contributed by atoms with Crippen molar-refractivity contribution in [1.29, 1.82) is 0 Å². The van der Waals surface area contributed by atoms with Gasteiger partial charge in [-0.25, -0.2) is 9.78 Å². The molecule has 15 heavy (non-hydrogen) atoms. The van der Waals surface area contributed by atoms with Crippen molar-refractivity contribution in [3.05, 3.63) is 26.7 Å². The lowest BCUT2D eigenvalue weighted by Gasteiger charge is -2.03. The van der Waals surface area contributed by atoms with Crippen LogP contribution in [0.3, 0.4) is 0 Å². The summed E-state index contributed by atoms with van der Waals surface area (Å²) in [6.45, 7) is 1.17. The average Bonchev–Trinajstić information content (AvgIpc) is 2.58. The van der Waals surface area contributed by atoms with Crippen LogP contribution < -0.4 is 11.2 Å². The highest BCUT2D eigenvalue weighted by Crippen LogP contribution is 2.03. The molecular weight excluding hydrogens is 200 g/mol. The molecule has 0 spiro atoms. The van der Waals surface area contributed by atoms with Crippen LogP contribution in [0.25, 0.3) is 11.2 Å². The number of aliphatic hydroxyl groups excluding tert-OH is 1. The van der Waals surface area contributed by atoms with Gasteiger partial charge in [0.05, 0.1) is 0 Å². The number of aromatic amines is 1. The van der Waals surface area contributed by atoms with Gasteiger partial charge in [0.2, 0.25) is 0 Å². The lowest BCUT2D eigenvalue weighted by Crippen LogP contribution is -2.38. The molecular formula is C8H10N4O3. The van der Waals surface area contributed by atoms with Crippen molar-refractivity contribution in [1.82, 2.24) is 19.1 Å². The molecule has 0 radical (unpaired) electrons. The molecule has 7 heteroatoms. The minimum absolute atomic E-state index is 0.183. The molecule has 2 N–H and O–H groups in total. The molecule has 2 aromatic rings. The van der Waals surface area contributed by atoms with Crippen molar-refractivity contribution >= 4 is 11.2 Å². The second-order valence-electron chi connectivity index (χ2n) is 3.24. The number of H-pyrrole nitrogens is 1. The molecule has 0 aliphatic rings. The molecule has 0 aliphatic heterocycles. The number of nitrogens with zero attached hydrogens (tertiary/aromatic N) is 3. The molecule has 0 amide bonds. The molecule has 7 nitrogen and oxygen atoms in total. The molecule has 80 valence electrons. The Hall–Kier alpha value is -1.89. The molecule has 0 atom stereocenters. The summed E-state index contributed by atoms with van der Waals surface area (Å²) in [7, 11) is 1.35. The van der Waals surface area contributed by atoms with Gasteiger partial charge in [-0.3, -0.25) is 13.9 Å². The van der Waals surface area contributed by atoms with E-state index in [0.29, 0.717) is 5.82 Å². The summed E-state index contributed by atoms with van der Waals surface area (Å²) in [5.74, 6) is 0.523. The second-order valence-corrected chi connectivity index (χ2v) is 3.24. The van der Waals surface area contributed by atoms with Crippen LogP contribution in [0.4, 0.5) is 0 Å². The van der Waals surface area contributed by atoms with E-state index >= 15 is 0 Å². The van der Waals surface area contributed by atoms with E-state index in [9.17, 15) is 9.59 Å². The van der Waals surface area contributed by atoms with Crippen molar-refractivity contribution < 1.29 is 5.11 Å². The predicted molar refractivity (Wildman–Crippen MR) is 52.6 cm³/mol. The number of aryl methyl sites for hydroxylation is 1. The molecule has 0 aromatic carbocycles. The van der Waals surface area contributed by atoms with E-state index in [1.807, 2.05) is 0 Å². The maximum absolute atomic E-state index is 11.6. The van der Waals surface area contributed by atoms with Crippen LogP contribution in [0.1, 0.15) is 5.82 Å².